The monoisotopic (exact) mass is 461 g/mol. The van der Waals surface area contributed by atoms with E-state index in [9.17, 15) is 4.79 Å². The minimum absolute atomic E-state index is 0. The number of likely N-dealkylation sites (N-methyl/N-ethyl adjacent to an activating group) is 1. The fourth-order valence-electron chi connectivity index (χ4n) is 2.18. The maximum Gasteiger partial charge on any atom is 0.241 e. The average Bonchev–Trinajstić information content (AvgIpc) is 2.59. The minimum atomic E-state index is 0. The molecule has 25 heavy (non-hydrogen) atoms. The Balaban J connectivity index is 0.00000576. The summed E-state index contributed by atoms with van der Waals surface area (Å²) in [5.74, 6) is 1.41. The lowest BCUT2D eigenvalue weighted by atomic mass is 10.1. The van der Waals surface area contributed by atoms with Crippen LogP contribution < -0.4 is 10.6 Å². The number of nitrogens with zero attached hydrogens (tertiary/aromatic N) is 3. The quantitative estimate of drug-likeness (QED) is 0.256. The number of pyridine rings is 1. The van der Waals surface area contributed by atoms with Gasteiger partial charge < -0.3 is 15.5 Å². The molecule has 0 saturated heterocycles. The number of hydrogen-bond acceptors (Lipinski definition) is 3. The summed E-state index contributed by atoms with van der Waals surface area (Å²) in [7, 11) is 3.53. The summed E-state index contributed by atoms with van der Waals surface area (Å²) in [5, 5.41) is 6.30. The second kappa shape index (κ2) is 13.9. The second-order valence-corrected chi connectivity index (χ2v) is 6.27. The normalized spacial score (nSPS) is 11.0. The molecule has 1 aromatic heterocycles. The van der Waals surface area contributed by atoms with Gasteiger partial charge >= 0.3 is 0 Å². The molecular formula is C18H32IN5O. The Morgan fingerprint density at radius 1 is 1.32 bits per heavy atom. The predicted molar refractivity (Wildman–Crippen MR) is 114 cm³/mol. The van der Waals surface area contributed by atoms with E-state index in [4.69, 9.17) is 0 Å². The van der Waals surface area contributed by atoms with Crippen LogP contribution in [0.2, 0.25) is 0 Å². The maximum atomic E-state index is 12.2. The molecule has 0 unspecified atom stereocenters. The Morgan fingerprint density at radius 2 is 2.08 bits per heavy atom. The third-order valence-electron chi connectivity index (χ3n) is 3.74. The molecule has 7 heteroatoms. The number of aromatic nitrogens is 1. The van der Waals surface area contributed by atoms with Crippen molar-refractivity contribution >= 4 is 35.8 Å². The number of carbonyl (C=O) groups is 1. The first-order chi connectivity index (χ1) is 11.5. The molecule has 0 bridgehead atoms. The molecule has 1 rings (SSSR count). The Hall–Kier alpha value is -1.38. The molecule has 0 aliphatic heterocycles. The Morgan fingerprint density at radius 3 is 2.68 bits per heavy atom. The zero-order valence-corrected chi connectivity index (χ0v) is 18.1. The van der Waals surface area contributed by atoms with Crippen molar-refractivity contribution in [3.05, 3.63) is 30.1 Å². The molecule has 1 heterocycles. The van der Waals surface area contributed by atoms with E-state index >= 15 is 0 Å². The van der Waals surface area contributed by atoms with Crippen LogP contribution in [0.5, 0.6) is 0 Å². The first-order valence-corrected chi connectivity index (χ1v) is 8.61. The molecule has 0 spiro atoms. The molecule has 0 aromatic carbocycles. The number of amides is 1. The Kier molecular flexibility index (Phi) is 13.1. The van der Waals surface area contributed by atoms with Crippen LogP contribution in [0.25, 0.3) is 0 Å². The van der Waals surface area contributed by atoms with Gasteiger partial charge in [0, 0.05) is 45.5 Å². The van der Waals surface area contributed by atoms with Crippen molar-refractivity contribution in [2.24, 2.45) is 10.9 Å². The smallest absolute Gasteiger partial charge is 0.241 e. The fraction of sp³-hybridized carbons (Fsp3) is 0.611. The standard InChI is InChI=1S/C18H31N5O.HI/c1-15(2)8-7-12-21-18(19-3)22-14-17(24)23(4)13-10-16-9-5-6-11-20-16;/h5-6,9,11,15H,7-8,10,12-14H2,1-4H3,(H2,19,21,22);1H. The van der Waals surface area contributed by atoms with Gasteiger partial charge in [-0.2, -0.15) is 0 Å². The Labute approximate surface area is 168 Å². The summed E-state index contributed by atoms with van der Waals surface area (Å²) in [6.07, 6.45) is 4.80. The van der Waals surface area contributed by atoms with E-state index in [-0.39, 0.29) is 36.4 Å². The lowest BCUT2D eigenvalue weighted by Gasteiger charge is -2.18. The number of guanidine groups is 1. The molecule has 2 N–H and O–H groups in total. The first-order valence-electron chi connectivity index (χ1n) is 8.61. The van der Waals surface area contributed by atoms with Gasteiger partial charge in [-0.25, -0.2) is 0 Å². The molecule has 0 saturated carbocycles. The van der Waals surface area contributed by atoms with Crippen molar-refractivity contribution in [1.82, 2.24) is 20.5 Å². The zero-order valence-electron chi connectivity index (χ0n) is 15.8. The van der Waals surface area contributed by atoms with Crippen LogP contribution in [-0.4, -0.2) is 55.5 Å². The molecule has 1 aromatic rings. The minimum Gasteiger partial charge on any atom is -0.356 e. The predicted octanol–water partition coefficient (Wildman–Crippen LogP) is 2.30. The third-order valence-corrected chi connectivity index (χ3v) is 3.74. The highest BCUT2D eigenvalue weighted by molar-refractivity contribution is 14.0. The lowest BCUT2D eigenvalue weighted by molar-refractivity contribution is -0.128. The van der Waals surface area contributed by atoms with E-state index in [2.05, 4.69) is 34.5 Å². The summed E-state index contributed by atoms with van der Waals surface area (Å²) in [5.41, 5.74) is 0.993. The van der Waals surface area contributed by atoms with Crippen LogP contribution >= 0.6 is 24.0 Å². The number of aliphatic imine (C=N–C) groups is 1. The van der Waals surface area contributed by atoms with Gasteiger partial charge in [0.25, 0.3) is 0 Å². The van der Waals surface area contributed by atoms with E-state index < -0.39 is 0 Å². The summed E-state index contributed by atoms with van der Waals surface area (Å²) in [6.45, 7) is 6.18. The van der Waals surface area contributed by atoms with E-state index in [1.54, 1.807) is 18.1 Å². The second-order valence-electron chi connectivity index (χ2n) is 6.27. The van der Waals surface area contributed by atoms with E-state index in [1.165, 1.54) is 6.42 Å². The van der Waals surface area contributed by atoms with Gasteiger partial charge in [0.1, 0.15) is 0 Å². The number of rotatable bonds is 9. The zero-order chi connectivity index (χ0) is 17.8. The van der Waals surface area contributed by atoms with Crippen LogP contribution in [0.15, 0.2) is 29.4 Å². The van der Waals surface area contributed by atoms with Gasteiger partial charge in [0.2, 0.25) is 5.91 Å². The molecule has 6 nitrogen and oxygen atoms in total. The third kappa shape index (κ3) is 11.0. The molecule has 0 fully saturated rings. The first kappa shape index (κ1) is 23.6. The van der Waals surface area contributed by atoms with Crippen LogP contribution in [0.3, 0.4) is 0 Å². The Bertz CT molecular complexity index is 507. The summed E-state index contributed by atoms with van der Waals surface area (Å²) >= 11 is 0. The highest BCUT2D eigenvalue weighted by Crippen LogP contribution is 2.01. The molecule has 0 aliphatic carbocycles. The summed E-state index contributed by atoms with van der Waals surface area (Å²) < 4.78 is 0. The van der Waals surface area contributed by atoms with Crippen LogP contribution in [0, 0.1) is 5.92 Å². The molecule has 0 aliphatic rings. The fourth-order valence-corrected chi connectivity index (χ4v) is 2.18. The van der Waals surface area contributed by atoms with Crippen LogP contribution in [0.4, 0.5) is 0 Å². The van der Waals surface area contributed by atoms with Gasteiger partial charge in [-0.05, 0) is 30.9 Å². The van der Waals surface area contributed by atoms with Gasteiger partial charge in [-0.3, -0.25) is 14.8 Å². The number of nitrogens with one attached hydrogen (secondary N) is 2. The number of carbonyl (C=O) groups excluding carboxylic acids is 1. The maximum absolute atomic E-state index is 12.2. The van der Waals surface area contributed by atoms with Crippen molar-refractivity contribution in [1.29, 1.82) is 0 Å². The molecule has 142 valence electrons. The topological polar surface area (TPSA) is 69.6 Å². The van der Waals surface area contributed by atoms with Gasteiger partial charge in [-0.15, -0.1) is 24.0 Å². The van der Waals surface area contributed by atoms with Crippen molar-refractivity contribution in [2.45, 2.75) is 33.1 Å². The van der Waals surface area contributed by atoms with Crippen LogP contribution in [0.1, 0.15) is 32.4 Å². The molecule has 1 amide bonds. The number of halogens is 1. The largest absolute Gasteiger partial charge is 0.356 e. The summed E-state index contributed by atoms with van der Waals surface area (Å²) in [4.78, 5) is 22.3. The highest BCUT2D eigenvalue weighted by atomic mass is 127. The van der Waals surface area contributed by atoms with Crippen LogP contribution in [-0.2, 0) is 11.2 Å². The van der Waals surface area contributed by atoms with Crippen molar-refractivity contribution < 1.29 is 4.79 Å². The number of hydrogen-bond donors (Lipinski definition) is 2. The lowest BCUT2D eigenvalue weighted by Crippen LogP contribution is -2.44. The molecular weight excluding hydrogens is 429 g/mol. The average molecular weight is 461 g/mol. The van der Waals surface area contributed by atoms with Gasteiger partial charge in [0.15, 0.2) is 5.96 Å². The van der Waals surface area contributed by atoms with Gasteiger partial charge in [-0.1, -0.05) is 19.9 Å². The van der Waals surface area contributed by atoms with E-state index in [0.29, 0.717) is 18.4 Å². The highest BCUT2D eigenvalue weighted by Gasteiger charge is 2.09. The summed E-state index contributed by atoms with van der Waals surface area (Å²) in [6, 6.07) is 5.82. The van der Waals surface area contributed by atoms with Gasteiger partial charge in [0.05, 0.1) is 6.54 Å². The van der Waals surface area contributed by atoms with E-state index in [0.717, 1.165) is 25.1 Å². The molecule has 0 atom stereocenters. The van der Waals surface area contributed by atoms with E-state index in [1.807, 2.05) is 25.2 Å². The van der Waals surface area contributed by atoms with Crippen molar-refractivity contribution in [3.63, 3.8) is 0 Å². The SMILES string of the molecule is CN=C(NCCCC(C)C)NCC(=O)N(C)CCc1ccccn1.I. The van der Waals surface area contributed by atoms with Crippen molar-refractivity contribution in [2.75, 3.05) is 33.7 Å². The van der Waals surface area contributed by atoms with Crippen molar-refractivity contribution in [3.8, 4) is 0 Å². The molecule has 0 radical (unpaired) electrons.